The fraction of sp³-hybridized carbons (Fsp3) is 1.00. The molecule has 4 radical (unpaired) electrons. The van der Waals surface area contributed by atoms with E-state index in [-0.39, 0.29) is 6.49 Å². The first kappa shape index (κ1) is 9.50. The van der Waals surface area contributed by atoms with Crippen molar-refractivity contribution in [3.63, 3.8) is 0 Å². The van der Waals surface area contributed by atoms with E-state index in [9.17, 15) is 0 Å². The lowest BCUT2D eigenvalue weighted by Gasteiger charge is -1.72. The van der Waals surface area contributed by atoms with Crippen LogP contribution in [0.15, 0.2) is 0 Å². The molecule has 0 aliphatic heterocycles. The zero-order valence-electron chi connectivity index (χ0n) is 4.73. The third-order valence-corrected chi connectivity index (χ3v) is 0. The molecule has 0 N–H and O–H groups in total. The van der Waals surface area contributed by atoms with E-state index in [4.69, 9.17) is 15.5 Å². The molecule has 0 rings (SSSR count). The number of hydrogen-bond acceptors (Lipinski definition) is 0. The molecule has 0 unspecified atom stereocenters. The molecule has 0 fully saturated rings. The van der Waals surface area contributed by atoms with Crippen molar-refractivity contribution in [2.75, 3.05) is 0 Å². The quantitative estimate of drug-likeness (QED) is 0.369. The predicted molar refractivity (Wildman–Crippen MR) is 34.5 cm³/mol. The SMILES string of the molecule is CC.[B]B([B])C. The van der Waals surface area contributed by atoms with E-state index >= 15 is 0 Å². The second-order valence-corrected chi connectivity index (χ2v) is 0.859. The van der Waals surface area contributed by atoms with Gasteiger partial charge in [-0.3, -0.25) is 0 Å². The lowest BCUT2D eigenvalue weighted by Crippen LogP contribution is -2.03. The van der Waals surface area contributed by atoms with Crippen molar-refractivity contribution in [2.45, 2.75) is 20.7 Å². The molecule has 0 bridgehead atoms. The summed E-state index contributed by atoms with van der Waals surface area (Å²) in [6.45, 7) is 5.56. The van der Waals surface area contributed by atoms with Gasteiger partial charge in [-0.1, -0.05) is 13.8 Å². The van der Waals surface area contributed by atoms with Gasteiger partial charge in [-0.25, -0.2) is 0 Å². The molecule has 0 aromatic carbocycles. The van der Waals surface area contributed by atoms with E-state index in [0.29, 0.717) is 0 Å². The third kappa shape index (κ3) is 1130. The summed E-state index contributed by atoms with van der Waals surface area (Å²) in [5.41, 5.74) is 0. The normalized spacial score (nSPS) is 5.17. The number of rotatable bonds is 0. The van der Waals surface area contributed by atoms with Crippen LogP contribution in [0.2, 0.25) is 6.82 Å². The fourth-order valence-electron chi connectivity index (χ4n) is 0. The highest BCUT2D eigenvalue weighted by Crippen LogP contribution is 1.48. The molecule has 0 spiro atoms. The Morgan fingerprint density at radius 2 is 1.17 bits per heavy atom. The maximum atomic E-state index is 4.89. The van der Waals surface area contributed by atoms with Gasteiger partial charge in [-0.05, 0) is 0 Å². The smallest absolute Gasteiger partial charge is 0.0414 e. The molecule has 3 heteroatoms. The van der Waals surface area contributed by atoms with Crippen LogP contribution in [0, 0.1) is 0 Å². The molecule has 0 aromatic heterocycles. The number of hydrogen-bond donors (Lipinski definition) is 0. The first-order chi connectivity index (χ1) is 2.73. The van der Waals surface area contributed by atoms with Crippen molar-refractivity contribution < 1.29 is 0 Å². The van der Waals surface area contributed by atoms with E-state index in [2.05, 4.69) is 0 Å². The van der Waals surface area contributed by atoms with E-state index in [1.807, 2.05) is 13.8 Å². The van der Waals surface area contributed by atoms with Crippen LogP contribution >= 0.6 is 0 Å². The van der Waals surface area contributed by atoms with Gasteiger partial charge < -0.3 is 0 Å². The summed E-state index contributed by atoms with van der Waals surface area (Å²) in [5, 5.41) is 0. The molecular formula is C3H9B3. The monoisotopic (exact) mass is 78.1 g/mol. The maximum Gasteiger partial charge on any atom is 0.0414 e. The van der Waals surface area contributed by atoms with Crippen molar-refractivity contribution in [3.8, 4) is 0 Å². The van der Waals surface area contributed by atoms with Gasteiger partial charge in [0.1, 0.15) is 0 Å². The Hall–Kier alpha value is 0.195. The summed E-state index contributed by atoms with van der Waals surface area (Å²) in [6.07, 6.45) is 0. The van der Waals surface area contributed by atoms with Crippen LogP contribution in [-0.2, 0) is 0 Å². The van der Waals surface area contributed by atoms with Gasteiger partial charge in [-0.2, -0.15) is 0 Å². The van der Waals surface area contributed by atoms with Crippen LogP contribution in [0.3, 0.4) is 0 Å². The second-order valence-electron chi connectivity index (χ2n) is 0.859. The highest BCUT2D eigenvalue weighted by Gasteiger charge is 1.74. The summed E-state index contributed by atoms with van der Waals surface area (Å²) in [4.78, 5) is 0. The van der Waals surface area contributed by atoms with Gasteiger partial charge in [0.05, 0.1) is 0 Å². The van der Waals surface area contributed by atoms with Gasteiger partial charge in [0.25, 0.3) is 0 Å². The Morgan fingerprint density at radius 3 is 1.17 bits per heavy atom. The van der Waals surface area contributed by atoms with Crippen molar-refractivity contribution >= 4 is 22.0 Å². The Morgan fingerprint density at radius 1 is 1.17 bits per heavy atom. The molecule has 6 heavy (non-hydrogen) atoms. The lowest BCUT2D eigenvalue weighted by molar-refractivity contribution is 1.50. The minimum Gasteiger partial charge on any atom is -0.101 e. The zero-order valence-corrected chi connectivity index (χ0v) is 4.73. The molecule has 0 aliphatic carbocycles. The van der Waals surface area contributed by atoms with Gasteiger partial charge in [0.15, 0.2) is 0 Å². The molecule has 0 atom stereocenters. The molecule has 0 aliphatic rings. The molecule has 0 saturated heterocycles. The summed E-state index contributed by atoms with van der Waals surface area (Å²) in [5.74, 6) is 0. The Kier molecular flexibility index (Phi) is 14.2. The Labute approximate surface area is 43.6 Å². The highest BCUT2D eigenvalue weighted by molar-refractivity contribution is 7.28. The van der Waals surface area contributed by atoms with E-state index in [0.717, 1.165) is 0 Å². The lowest BCUT2D eigenvalue weighted by atomic mass is 9.21. The molecule has 0 heterocycles. The molecule has 0 saturated carbocycles. The topological polar surface area (TPSA) is 0 Å². The second kappa shape index (κ2) is 8.96. The van der Waals surface area contributed by atoms with Gasteiger partial charge in [0, 0.05) is 22.0 Å². The Bertz CT molecular complexity index is 10.8. The van der Waals surface area contributed by atoms with Crippen LogP contribution in [-0.4, -0.2) is 22.0 Å². The largest absolute Gasteiger partial charge is 0.101 e. The molecular weight excluding hydrogens is 68.5 g/mol. The van der Waals surface area contributed by atoms with Crippen molar-refractivity contribution in [3.05, 3.63) is 0 Å². The van der Waals surface area contributed by atoms with Crippen LogP contribution < -0.4 is 0 Å². The summed E-state index contributed by atoms with van der Waals surface area (Å²) >= 11 is 0. The molecule has 0 amide bonds. The standard InChI is InChI=1S/C2H6.CH3B3/c1-2;1-4(2)3/h1-2H3;1H3. The third-order valence-electron chi connectivity index (χ3n) is 0. The first-order valence-corrected chi connectivity index (χ1v) is 2.24. The van der Waals surface area contributed by atoms with Crippen LogP contribution in [0.5, 0.6) is 0 Å². The first-order valence-electron chi connectivity index (χ1n) is 2.24. The van der Waals surface area contributed by atoms with Crippen LogP contribution in [0.25, 0.3) is 0 Å². The zero-order chi connectivity index (χ0) is 5.58. The average Bonchev–Trinajstić information content (AvgIpc) is 1.41. The average molecular weight is 77.5 g/mol. The van der Waals surface area contributed by atoms with E-state index < -0.39 is 0 Å². The fourth-order valence-corrected chi connectivity index (χ4v) is 0. The van der Waals surface area contributed by atoms with E-state index in [1.54, 1.807) is 6.82 Å². The molecule has 0 nitrogen and oxygen atoms in total. The van der Waals surface area contributed by atoms with Gasteiger partial charge >= 0.3 is 0 Å². The molecule has 0 aromatic rings. The maximum absolute atomic E-state index is 4.89. The van der Waals surface area contributed by atoms with Crippen molar-refractivity contribution in [1.29, 1.82) is 0 Å². The van der Waals surface area contributed by atoms with Crippen molar-refractivity contribution in [2.24, 2.45) is 0 Å². The summed E-state index contributed by atoms with van der Waals surface area (Å²) < 4.78 is 0. The van der Waals surface area contributed by atoms with Crippen LogP contribution in [0.4, 0.5) is 0 Å². The predicted octanol–water partition coefficient (Wildman–Crippen LogP) is 0.468. The summed E-state index contributed by atoms with van der Waals surface area (Å²) in [7, 11) is 9.78. The van der Waals surface area contributed by atoms with Crippen LogP contribution in [0.1, 0.15) is 13.8 Å². The van der Waals surface area contributed by atoms with Gasteiger partial charge in [0.2, 0.25) is 0 Å². The minimum atomic E-state index is -0.167. The summed E-state index contributed by atoms with van der Waals surface area (Å²) in [6, 6.07) is 0. The van der Waals surface area contributed by atoms with Gasteiger partial charge in [-0.15, -0.1) is 6.82 Å². The molecule has 30 valence electrons. The van der Waals surface area contributed by atoms with E-state index in [1.165, 1.54) is 0 Å². The Balaban J connectivity index is 0. The minimum absolute atomic E-state index is 0.167. The van der Waals surface area contributed by atoms with Crippen molar-refractivity contribution in [1.82, 2.24) is 0 Å². The highest BCUT2D eigenvalue weighted by atomic mass is 13.0.